The van der Waals surface area contributed by atoms with Crippen LogP contribution in [0.5, 0.6) is 0 Å². The van der Waals surface area contributed by atoms with Gasteiger partial charge in [0, 0.05) is 23.7 Å². The van der Waals surface area contributed by atoms with Crippen molar-refractivity contribution in [3.05, 3.63) is 35.7 Å². The molecule has 2 rings (SSSR count). The highest BCUT2D eigenvalue weighted by molar-refractivity contribution is 7.98. The molecule has 0 saturated carbocycles. The van der Waals surface area contributed by atoms with Crippen LogP contribution in [0.2, 0.25) is 0 Å². The molecule has 2 heterocycles. The van der Waals surface area contributed by atoms with E-state index in [0.29, 0.717) is 0 Å². The minimum Gasteiger partial charge on any atom is -0.468 e. The second-order valence-electron chi connectivity index (χ2n) is 3.69. The van der Waals surface area contributed by atoms with E-state index in [2.05, 4.69) is 15.3 Å². The van der Waals surface area contributed by atoms with Gasteiger partial charge in [-0.1, -0.05) is 0 Å². The Morgan fingerprint density at radius 3 is 2.82 bits per heavy atom. The maximum atomic E-state index is 5.25. The summed E-state index contributed by atoms with van der Waals surface area (Å²) in [7, 11) is 1.86. The molecule has 0 amide bonds. The monoisotopic (exact) mass is 249 g/mol. The van der Waals surface area contributed by atoms with Crippen LogP contribution in [-0.2, 0) is 5.75 Å². The topological polar surface area (TPSA) is 51.0 Å². The molecule has 0 atom stereocenters. The van der Waals surface area contributed by atoms with Crippen LogP contribution in [0.15, 0.2) is 27.7 Å². The molecule has 0 aromatic carbocycles. The summed E-state index contributed by atoms with van der Waals surface area (Å²) in [6.07, 6.45) is 1.70. The van der Waals surface area contributed by atoms with E-state index in [9.17, 15) is 0 Å². The van der Waals surface area contributed by atoms with Crippen molar-refractivity contribution in [2.45, 2.75) is 24.5 Å². The number of furan rings is 1. The third kappa shape index (κ3) is 3.00. The van der Waals surface area contributed by atoms with Gasteiger partial charge in [-0.2, -0.15) is 0 Å². The van der Waals surface area contributed by atoms with E-state index in [1.54, 1.807) is 18.0 Å². The average Bonchev–Trinajstić information content (AvgIpc) is 2.71. The summed E-state index contributed by atoms with van der Waals surface area (Å²) in [5.41, 5.74) is 0.976. The number of nitrogens with one attached hydrogen (secondary N) is 1. The molecule has 2 aromatic rings. The van der Waals surface area contributed by atoms with Crippen LogP contribution >= 0.6 is 11.8 Å². The van der Waals surface area contributed by atoms with E-state index in [4.69, 9.17) is 4.42 Å². The Balaban J connectivity index is 2.09. The van der Waals surface area contributed by atoms with E-state index in [1.165, 1.54) is 0 Å². The largest absolute Gasteiger partial charge is 0.468 e. The van der Waals surface area contributed by atoms with Crippen molar-refractivity contribution in [3.63, 3.8) is 0 Å². The van der Waals surface area contributed by atoms with Crippen molar-refractivity contribution >= 4 is 17.6 Å². The van der Waals surface area contributed by atoms with Gasteiger partial charge < -0.3 is 9.73 Å². The molecule has 0 saturated heterocycles. The molecule has 0 radical (unpaired) electrons. The van der Waals surface area contributed by atoms with Crippen molar-refractivity contribution in [1.82, 2.24) is 9.97 Å². The molecule has 0 aliphatic rings. The summed E-state index contributed by atoms with van der Waals surface area (Å²) in [5.74, 6) is 3.38. The molecule has 4 nitrogen and oxygen atoms in total. The lowest BCUT2D eigenvalue weighted by molar-refractivity contribution is 0.527. The number of aryl methyl sites for hydroxylation is 2. The highest BCUT2D eigenvalue weighted by Crippen LogP contribution is 2.25. The standard InChI is InChI=1S/C12H15N3OS/c1-8-6-11(13-3)15-12(14-8)7-17-10-4-5-16-9(10)2/h4-6H,7H2,1-3H3,(H,13,14,15). The Morgan fingerprint density at radius 1 is 1.35 bits per heavy atom. The van der Waals surface area contributed by atoms with Gasteiger partial charge in [-0.05, 0) is 19.9 Å². The second kappa shape index (κ2) is 5.23. The van der Waals surface area contributed by atoms with Gasteiger partial charge in [0.05, 0.1) is 12.0 Å². The molecule has 0 spiro atoms. The van der Waals surface area contributed by atoms with Crippen LogP contribution in [-0.4, -0.2) is 17.0 Å². The Labute approximate surface area is 105 Å². The normalized spacial score (nSPS) is 10.5. The predicted octanol–water partition coefficient (Wildman–Crippen LogP) is 3.02. The maximum Gasteiger partial charge on any atom is 0.141 e. The van der Waals surface area contributed by atoms with E-state index in [1.807, 2.05) is 33.0 Å². The Kier molecular flexibility index (Phi) is 3.68. The maximum absolute atomic E-state index is 5.25. The van der Waals surface area contributed by atoms with Crippen molar-refractivity contribution in [2.24, 2.45) is 0 Å². The van der Waals surface area contributed by atoms with Gasteiger partial charge in [0.1, 0.15) is 17.4 Å². The molecule has 2 aromatic heterocycles. The lowest BCUT2D eigenvalue weighted by atomic mass is 10.4. The van der Waals surface area contributed by atoms with Crippen molar-refractivity contribution in [1.29, 1.82) is 0 Å². The van der Waals surface area contributed by atoms with Crippen molar-refractivity contribution < 1.29 is 4.42 Å². The molecule has 1 N–H and O–H groups in total. The van der Waals surface area contributed by atoms with Crippen LogP contribution in [0.25, 0.3) is 0 Å². The van der Waals surface area contributed by atoms with Gasteiger partial charge in [-0.15, -0.1) is 11.8 Å². The number of nitrogens with zero attached hydrogens (tertiary/aromatic N) is 2. The second-order valence-corrected chi connectivity index (χ2v) is 4.71. The van der Waals surface area contributed by atoms with Crippen molar-refractivity contribution in [3.8, 4) is 0 Å². The summed E-state index contributed by atoms with van der Waals surface area (Å²) in [4.78, 5) is 9.96. The van der Waals surface area contributed by atoms with Gasteiger partial charge in [0.2, 0.25) is 0 Å². The van der Waals surface area contributed by atoms with Gasteiger partial charge in [0.15, 0.2) is 0 Å². The van der Waals surface area contributed by atoms with E-state index in [-0.39, 0.29) is 0 Å². The van der Waals surface area contributed by atoms with Crippen LogP contribution in [0, 0.1) is 13.8 Å². The quantitative estimate of drug-likeness (QED) is 0.844. The molecule has 0 unspecified atom stereocenters. The third-order valence-corrected chi connectivity index (χ3v) is 3.46. The number of hydrogen-bond acceptors (Lipinski definition) is 5. The Bertz CT molecular complexity index is 510. The molecular formula is C12H15N3OS. The summed E-state index contributed by atoms with van der Waals surface area (Å²) in [6, 6.07) is 3.89. The molecule has 0 fully saturated rings. The zero-order valence-corrected chi connectivity index (χ0v) is 11.0. The number of thioether (sulfide) groups is 1. The van der Waals surface area contributed by atoms with E-state index >= 15 is 0 Å². The zero-order chi connectivity index (χ0) is 12.3. The minimum atomic E-state index is 0.747. The van der Waals surface area contributed by atoms with Gasteiger partial charge in [-0.25, -0.2) is 9.97 Å². The van der Waals surface area contributed by atoms with Crippen molar-refractivity contribution in [2.75, 3.05) is 12.4 Å². The molecule has 0 aliphatic heterocycles. The van der Waals surface area contributed by atoms with Crippen LogP contribution < -0.4 is 5.32 Å². The van der Waals surface area contributed by atoms with Crippen LogP contribution in [0.1, 0.15) is 17.3 Å². The highest BCUT2D eigenvalue weighted by atomic mass is 32.2. The first-order valence-electron chi connectivity index (χ1n) is 5.38. The average molecular weight is 249 g/mol. The molecular weight excluding hydrogens is 234 g/mol. The first kappa shape index (κ1) is 12.0. The van der Waals surface area contributed by atoms with Gasteiger partial charge in [0.25, 0.3) is 0 Å². The minimum absolute atomic E-state index is 0.747. The summed E-state index contributed by atoms with van der Waals surface area (Å²) in [6.45, 7) is 3.93. The van der Waals surface area contributed by atoms with Crippen LogP contribution in [0.4, 0.5) is 5.82 Å². The lowest BCUT2D eigenvalue weighted by Crippen LogP contribution is -2.00. The first-order chi connectivity index (χ1) is 8.19. The molecule has 17 heavy (non-hydrogen) atoms. The third-order valence-electron chi connectivity index (χ3n) is 2.32. The number of hydrogen-bond donors (Lipinski definition) is 1. The summed E-state index contributed by atoms with van der Waals surface area (Å²) < 4.78 is 5.25. The fourth-order valence-electron chi connectivity index (χ4n) is 1.49. The molecule has 0 bridgehead atoms. The Morgan fingerprint density at radius 2 is 2.18 bits per heavy atom. The summed E-state index contributed by atoms with van der Waals surface area (Å²) in [5, 5.41) is 3.03. The van der Waals surface area contributed by atoms with Gasteiger partial charge in [-0.3, -0.25) is 0 Å². The molecule has 90 valence electrons. The highest BCUT2D eigenvalue weighted by Gasteiger charge is 2.05. The lowest BCUT2D eigenvalue weighted by Gasteiger charge is -2.04. The number of rotatable bonds is 4. The van der Waals surface area contributed by atoms with E-state index < -0.39 is 0 Å². The van der Waals surface area contributed by atoms with E-state index in [0.717, 1.165) is 33.7 Å². The summed E-state index contributed by atoms with van der Waals surface area (Å²) >= 11 is 1.69. The fourth-order valence-corrected chi connectivity index (χ4v) is 2.30. The number of aromatic nitrogens is 2. The SMILES string of the molecule is CNc1cc(C)nc(CSc2ccoc2C)n1. The predicted molar refractivity (Wildman–Crippen MR) is 69.3 cm³/mol. The molecule has 0 aliphatic carbocycles. The van der Waals surface area contributed by atoms with Crippen LogP contribution in [0.3, 0.4) is 0 Å². The Hall–Kier alpha value is -1.49. The number of anilines is 1. The fraction of sp³-hybridized carbons (Fsp3) is 0.333. The molecule has 5 heteroatoms. The zero-order valence-electron chi connectivity index (χ0n) is 10.2. The van der Waals surface area contributed by atoms with Gasteiger partial charge >= 0.3 is 0 Å². The first-order valence-corrected chi connectivity index (χ1v) is 6.37. The smallest absolute Gasteiger partial charge is 0.141 e.